The molecule has 0 spiro atoms. The number of hydrogen-bond donors (Lipinski definition) is 1. The first kappa shape index (κ1) is 12.7. The third kappa shape index (κ3) is 2.37. The molecule has 1 N–H and O–H groups in total. The van der Waals surface area contributed by atoms with Crippen LogP contribution in [0.4, 0.5) is 0 Å². The van der Waals surface area contributed by atoms with Crippen molar-refractivity contribution in [2.75, 3.05) is 7.11 Å². The highest BCUT2D eigenvalue weighted by molar-refractivity contribution is 5.71. The minimum atomic E-state index is 0.585. The van der Waals surface area contributed by atoms with E-state index in [2.05, 4.69) is 47.0 Å². The Kier molecular flexibility index (Phi) is 3.14. The first-order chi connectivity index (χ1) is 9.65. The molecule has 0 atom stereocenters. The molecule has 0 aliphatic carbocycles. The lowest BCUT2D eigenvalue weighted by Gasteiger charge is -2.03. The third-order valence-electron chi connectivity index (χ3n) is 3.52. The molecule has 0 saturated heterocycles. The molecule has 4 nitrogen and oxygen atoms in total. The highest BCUT2D eigenvalue weighted by Crippen LogP contribution is 2.17. The number of pyridine rings is 1. The number of rotatable bonds is 3. The Bertz CT molecular complexity index is 762. The smallest absolute Gasteiger partial charge is 0.215 e. The maximum absolute atomic E-state index is 5.11. The lowest BCUT2D eigenvalue weighted by atomic mass is 10.0. The van der Waals surface area contributed by atoms with Gasteiger partial charge in [-0.2, -0.15) is 4.98 Å². The number of ether oxygens (including phenoxy) is 1. The Hall–Kier alpha value is -2.36. The van der Waals surface area contributed by atoms with Gasteiger partial charge in [-0.05, 0) is 36.6 Å². The molecule has 2 heterocycles. The van der Waals surface area contributed by atoms with E-state index >= 15 is 0 Å². The monoisotopic (exact) mass is 267 g/mol. The largest absolute Gasteiger partial charge is 0.481 e. The van der Waals surface area contributed by atoms with E-state index in [9.17, 15) is 0 Å². The van der Waals surface area contributed by atoms with E-state index in [0.717, 1.165) is 17.8 Å². The molecule has 2 aromatic heterocycles. The van der Waals surface area contributed by atoms with Crippen molar-refractivity contribution in [2.45, 2.75) is 20.3 Å². The van der Waals surface area contributed by atoms with Crippen molar-refractivity contribution in [3.8, 4) is 5.88 Å². The van der Waals surface area contributed by atoms with E-state index in [1.807, 2.05) is 12.1 Å². The first-order valence-electron chi connectivity index (χ1n) is 6.61. The minimum Gasteiger partial charge on any atom is -0.481 e. The molecular weight excluding hydrogens is 250 g/mol. The molecule has 0 bridgehead atoms. The average Bonchev–Trinajstić information content (AvgIpc) is 2.84. The van der Waals surface area contributed by atoms with Crippen LogP contribution >= 0.6 is 0 Å². The molecule has 4 heteroatoms. The molecule has 0 aliphatic heterocycles. The van der Waals surface area contributed by atoms with Gasteiger partial charge in [0.2, 0.25) is 5.88 Å². The molecule has 0 unspecified atom stereocenters. The van der Waals surface area contributed by atoms with Gasteiger partial charge in [-0.1, -0.05) is 18.2 Å². The summed E-state index contributed by atoms with van der Waals surface area (Å²) in [6.45, 7) is 4.25. The second kappa shape index (κ2) is 4.96. The Morgan fingerprint density at radius 1 is 1.05 bits per heavy atom. The van der Waals surface area contributed by atoms with Crippen LogP contribution in [0.1, 0.15) is 22.5 Å². The summed E-state index contributed by atoms with van der Waals surface area (Å²) in [5.41, 5.74) is 5.50. The summed E-state index contributed by atoms with van der Waals surface area (Å²) in [7, 11) is 1.61. The van der Waals surface area contributed by atoms with Crippen LogP contribution in [0.15, 0.2) is 30.3 Å². The van der Waals surface area contributed by atoms with Crippen molar-refractivity contribution >= 4 is 11.2 Å². The van der Waals surface area contributed by atoms with Crippen molar-refractivity contribution in [2.24, 2.45) is 0 Å². The maximum atomic E-state index is 5.11. The molecule has 0 fully saturated rings. The minimum absolute atomic E-state index is 0.585. The van der Waals surface area contributed by atoms with E-state index in [-0.39, 0.29) is 0 Å². The van der Waals surface area contributed by atoms with Gasteiger partial charge in [0.05, 0.1) is 12.6 Å². The topological polar surface area (TPSA) is 50.8 Å². The van der Waals surface area contributed by atoms with Crippen LogP contribution in [0.25, 0.3) is 11.2 Å². The number of imidazole rings is 1. The summed E-state index contributed by atoms with van der Waals surface area (Å²) >= 11 is 0. The predicted octanol–water partition coefficient (Wildman–Crippen LogP) is 3.17. The number of hydrogen-bond acceptors (Lipinski definition) is 3. The summed E-state index contributed by atoms with van der Waals surface area (Å²) in [5.74, 6) is 1.51. The number of nitrogens with zero attached hydrogens (tertiary/aromatic N) is 2. The lowest BCUT2D eigenvalue weighted by molar-refractivity contribution is 0.399. The van der Waals surface area contributed by atoms with Gasteiger partial charge >= 0.3 is 0 Å². The van der Waals surface area contributed by atoms with Crippen LogP contribution in [0.3, 0.4) is 0 Å². The fraction of sp³-hybridized carbons (Fsp3) is 0.250. The second-order valence-electron chi connectivity index (χ2n) is 5.00. The van der Waals surface area contributed by atoms with Crippen molar-refractivity contribution in [3.05, 3.63) is 52.8 Å². The van der Waals surface area contributed by atoms with E-state index in [1.54, 1.807) is 7.11 Å². The van der Waals surface area contributed by atoms with Gasteiger partial charge in [0.15, 0.2) is 5.65 Å². The number of H-pyrrole nitrogens is 1. The van der Waals surface area contributed by atoms with Crippen molar-refractivity contribution < 1.29 is 4.74 Å². The highest BCUT2D eigenvalue weighted by Gasteiger charge is 2.06. The Morgan fingerprint density at radius 3 is 2.65 bits per heavy atom. The zero-order valence-electron chi connectivity index (χ0n) is 11.9. The summed E-state index contributed by atoms with van der Waals surface area (Å²) in [4.78, 5) is 12.1. The Morgan fingerprint density at radius 2 is 1.90 bits per heavy atom. The molecule has 3 aromatic rings. The normalized spacial score (nSPS) is 10.9. The van der Waals surface area contributed by atoms with Crippen LogP contribution in [0.2, 0.25) is 0 Å². The summed E-state index contributed by atoms with van der Waals surface area (Å²) in [5, 5.41) is 0. The summed E-state index contributed by atoms with van der Waals surface area (Å²) in [6.07, 6.45) is 0.778. The SMILES string of the molecule is COc1ccc2[nH]c(Cc3ccc(C)c(C)c3)nc2n1. The number of aromatic nitrogens is 3. The molecule has 102 valence electrons. The molecule has 0 aliphatic rings. The number of methoxy groups -OCH3 is 1. The van der Waals surface area contributed by atoms with Gasteiger partial charge in [-0.3, -0.25) is 0 Å². The van der Waals surface area contributed by atoms with Gasteiger partial charge in [0.25, 0.3) is 0 Å². The highest BCUT2D eigenvalue weighted by atomic mass is 16.5. The quantitative estimate of drug-likeness (QED) is 0.793. The molecule has 20 heavy (non-hydrogen) atoms. The van der Waals surface area contributed by atoms with Crippen LogP contribution in [-0.4, -0.2) is 22.1 Å². The Balaban J connectivity index is 1.92. The maximum Gasteiger partial charge on any atom is 0.215 e. The Labute approximate surface area is 117 Å². The van der Waals surface area contributed by atoms with Gasteiger partial charge in [-0.15, -0.1) is 0 Å². The molecule has 0 amide bonds. The van der Waals surface area contributed by atoms with Crippen molar-refractivity contribution in [1.29, 1.82) is 0 Å². The van der Waals surface area contributed by atoms with Crippen molar-refractivity contribution in [3.63, 3.8) is 0 Å². The molecule has 3 rings (SSSR count). The number of benzene rings is 1. The third-order valence-corrected chi connectivity index (χ3v) is 3.52. The first-order valence-corrected chi connectivity index (χ1v) is 6.61. The lowest BCUT2D eigenvalue weighted by Crippen LogP contribution is -1.92. The van der Waals surface area contributed by atoms with Gasteiger partial charge < -0.3 is 9.72 Å². The van der Waals surface area contributed by atoms with Gasteiger partial charge in [-0.25, -0.2) is 4.98 Å². The van der Waals surface area contributed by atoms with E-state index in [0.29, 0.717) is 11.5 Å². The molecule has 0 radical (unpaired) electrons. The fourth-order valence-corrected chi connectivity index (χ4v) is 2.23. The average molecular weight is 267 g/mol. The number of aromatic amines is 1. The van der Waals surface area contributed by atoms with Crippen LogP contribution < -0.4 is 4.74 Å². The van der Waals surface area contributed by atoms with E-state index in [4.69, 9.17) is 4.74 Å². The summed E-state index contributed by atoms with van der Waals surface area (Å²) < 4.78 is 5.11. The molecular formula is C16H17N3O. The standard InChI is InChI=1S/C16H17N3O/c1-10-4-5-12(8-11(10)2)9-14-17-13-6-7-15(20-3)19-16(13)18-14/h4-8H,9H2,1-3H3,(H,17,18,19). The predicted molar refractivity (Wildman–Crippen MR) is 79.2 cm³/mol. The van der Waals surface area contributed by atoms with Crippen LogP contribution in [0.5, 0.6) is 5.88 Å². The zero-order valence-corrected chi connectivity index (χ0v) is 11.9. The second-order valence-corrected chi connectivity index (χ2v) is 5.00. The molecule has 1 aromatic carbocycles. The van der Waals surface area contributed by atoms with Crippen LogP contribution in [-0.2, 0) is 6.42 Å². The number of aryl methyl sites for hydroxylation is 2. The van der Waals surface area contributed by atoms with Crippen LogP contribution in [0, 0.1) is 13.8 Å². The molecule has 0 saturated carbocycles. The van der Waals surface area contributed by atoms with E-state index < -0.39 is 0 Å². The van der Waals surface area contributed by atoms with E-state index in [1.165, 1.54) is 16.7 Å². The summed E-state index contributed by atoms with van der Waals surface area (Å²) in [6, 6.07) is 10.3. The van der Waals surface area contributed by atoms with Gasteiger partial charge in [0, 0.05) is 12.5 Å². The van der Waals surface area contributed by atoms with Gasteiger partial charge in [0.1, 0.15) is 5.82 Å². The fourth-order valence-electron chi connectivity index (χ4n) is 2.23. The number of nitrogens with one attached hydrogen (secondary N) is 1. The zero-order chi connectivity index (χ0) is 14.1. The van der Waals surface area contributed by atoms with Crippen molar-refractivity contribution in [1.82, 2.24) is 15.0 Å². The number of fused-ring (bicyclic) bond motifs is 1.